The average Bonchev–Trinajstić information content (AvgIpc) is 2.76. The highest BCUT2D eigenvalue weighted by Gasteiger charge is 2.31. The number of likely N-dealkylation sites (N-methyl/N-ethyl adjacent to an activating group) is 1. The van der Waals surface area contributed by atoms with Gasteiger partial charge in [-0.15, -0.1) is 0 Å². The molecule has 2 aromatic rings. The number of hydrogen-bond acceptors (Lipinski definition) is 5. The molecule has 0 saturated heterocycles. The van der Waals surface area contributed by atoms with Gasteiger partial charge in [0, 0.05) is 38.0 Å². The van der Waals surface area contributed by atoms with E-state index < -0.39 is 5.97 Å². The van der Waals surface area contributed by atoms with Crippen LogP contribution in [0.15, 0.2) is 30.0 Å². The van der Waals surface area contributed by atoms with Gasteiger partial charge in [-0.1, -0.05) is 0 Å². The minimum Gasteiger partial charge on any atom is -0.427 e. The van der Waals surface area contributed by atoms with Gasteiger partial charge in [-0.25, -0.2) is 0 Å². The highest BCUT2D eigenvalue weighted by atomic mass is 16.5. The maximum absolute atomic E-state index is 12.6. The molecule has 1 aromatic carbocycles. The minimum atomic E-state index is -0.442. The summed E-state index contributed by atoms with van der Waals surface area (Å²) in [6.45, 7) is 1.31. The Bertz CT molecular complexity index is 874. The predicted octanol–water partition coefficient (Wildman–Crippen LogP) is 1.59. The second-order valence-electron chi connectivity index (χ2n) is 5.06. The highest BCUT2D eigenvalue weighted by Crippen LogP contribution is 2.33. The zero-order valence-electron chi connectivity index (χ0n) is 12.4. The van der Waals surface area contributed by atoms with Crippen molar-refractivity contribution in [3.63, 3.8) is 0 Å². The van der Waals surface area contributed by atoms with Crippen LogP contribution in [0.1, 0.15) is 27.8 Å². The summed E-state index contributed by atoms with van der Waals surface area (Å²) < 4.78 is 6.75. The van der Waals surface area contributed by atoms with Crippen molar-refractivity contribution >= 4 is 28.4 Å². The monoisotopic (exact) mass is 298 g/mol. The minimum absolute atomic E-state index is 0.230. The average molecular weight is 298 g/mol. The lowest BCUT2D eigenvalue weighted by molar-refractivity contribution is -0.131. The first-order chi connectivity index (χ1) is 10.4. The molecule has 0 bridgehead atoms. The Labute approximate surface area is 126 Å². The van der Waals surface area contributed by atoms with Gasteiger partial charge in [0.15, 0.2) is 0 Å². The van der Waals surface area contributed by atoms with E-state index in [2.05, 4.69) is 5.32 Å². The zero-order valence-corrected chi connectivity index (χ0v) is 12.4. The normalized spacial score (nSPS) is 13.9. The molecule has 0 fully saturated rings. The van der Waals surface area contributed by atoms with E-state index in [1.165, 1.54) is 13.0 Å². The molecule has 6 nitrogen and oxygen atoms in total. The summed E-state index contributed by atoms with van der Waals surface area (Å²) in [5.41, 5.74) is 1.67. The summed E-state index contributed by atoms with van der Waals surface area (Å²) in [6, 6.07) is 4.97. The van der Waals surface area contributed by atoms with Gasteiger partial charge in [0.1, 0.15) is 11.4 Å². The van der Waals surface area contributed by atoms with E-state index in [1.807, 2.05) is 0 Å². The SMILES string of the molecule is CNC1=CC(=O)c2c(c3cc(OC(C)=O)ccc3n2C)C1=O. The molecule has 0 amide bonds. The Hall–Kier alpha value is -2.89. The number of esters is 1. The Morgan fingerprint density at radius 2 is 2.00 bits per heavy atom. The van der Waals surface area contributed by atoms with Gasteiger partial charge in [-0.2, -0.15) is 0 Å². The molecule has 0 aliphatic heterocycles. The summed E-state index contributed by atoms with van der Waals surface area (Å²) >= 11 is 0. The van der Waals surface area contributed by atoms with Crippen molar-refractivity contribution in [3.05, 3.63) is 41.2 Å². The number of Topliss-reactive ketones (excluding diaryl/α,β-unsaturated/α-hetero) is 1. The van der Waals surface area contributed by atoms with Gasteiger partial charge in [0.05, 0.1) is 11.3 Å². The van der Waals surface area contributed by atoms with E-state index in [4.69, 9.17) is 4.74 Å². The first kappa shape index (κ1) is 14.1. The van der Waals surface area contributed by atoms with Crippen molar-refractivity contribution in [2.75, 3.05) is 7.05 Å². The van der Waals surface area contributed by atoms with Gasteiger partial charge in [0.2, 0.25) is 11.6 Å². The maximum atomic E-state index is 12.6. The van der Waals surface area contributed by atoms with Gasteiger partial charge in [0.25, 0.3) is 0 Å². The van der Waals surface area contributed by atoms with Crippen molar-refractivity contribution in [3.8, 4) is 5.75 Å². The Morgan fingerprint density at radius 3 is 2.64 bits per heavy atom. The van der Waals surface area contributed by atoms with Crippen LogP contribution in [0, 0.1) is 0 Å². The smallest absolute Gasteiger partial charge is 0.308 e. The molecule has 112 valence electrons. The molecule has 1 aromatic heterocycles. The van der Waals surface area contributed by atoms with Crippen LogP contribution in [-0.2, 0) is 11.8 Å². The van der Waals surface area contributed by atoms with Crippen LogP contribution in [0.3, 0.4) is 0 Å². The van der Waals surface area contributed by atoms with Gasteiger partial charge in [-0.3, -0.25) is 14.4 Å². The molecule has 1 N–H and O–H groups in total. The maximum Gasteiger partial charge on any atom is 0.308 e. The molecule has 1 aliphatic rings. The fraction of sp³-hybridized carbons (Fsp3) is 0.188. The van der Waals surface area contributed by atoms with Crippen LogP contribution >= 0.6 is 0 Å². The third-order valence-corrected chi connectivity index (χ3v) is 3.68. The van der Waals surface area contributed by atoms with Crippen molar-refractivity contribution in [2.24, 2.45) is 7.05 Å². The zero-order chi connectivity index (χ0) is 16.0. The Morgan fingerprint density at radius 1 is 1.27 bits per heavy atom. The van der Waals surface area contributed by atoms with Gasteiger partial charge in [-0.05, 0) is 18.2 Å². The van der Waals surface area contributed by atoms with Crippen LogP contribution in [0.25, 0.3) is 10.9 Å². The quantitative estimate of drug-likeness (QED) is 0.673. The van der Waals surface area contributed by atoms with E-state index in [9.17, 15) is 14.4 Å². The third kappa shape index (κ3) is 1.92. The Kier molecular flexibility index (Phi) is 3.09. The molecule has 0 unspecified atom stereocenters. The summed E-state index contributed by atoms with van der Waals surface area (Å²) in [7, 11) is 3.33. The molecule has 3 rings (SSSR count). The lowest BCUT2D eigenvalue weighted by Crippen LogP contribution is -2.24. The topological polar surface area (TPSA) is 77.4 Å². The van der Waals surface area contributed by atoms with Crippen LogP contribution in [-0.4, -0.2) is 29.2 Å². The van der Waals surface area contributed by atoms with Crippen molar-refractivity contribution < 1.29 is 19.1 Å². The summed E-state index contributed by atoms with van der Waals surface area (Å²) in [5, 5.41) is 3.33. The van der Waals surface area contributed by atoms with Crippen LogP contribution in [0.4, 0.5) is 0 Å². The second kappa shape index (κ2) is 4.84. The number of allylic oxidation sites excluding steroid dienone is 2. The van der Waals surface area contributed by atoms with Crippen molar-refractivity contribution in [1.29, 1.82) is 0 Å². The molecular weight excluding hydrogens is 284 g/mol. The molecule has 0 spiro atoms. The molecule has 1 heterocycles. The lowest BCUT2D eigenvalue weighted by Gasteiger charge is -2.12. The van der Waals surface area contributed by atoms with E-state index >= 15 is 0 Å². The first-order valence-corrected chi connectivity index (χ1v) is 6.73. The molecule has 0 atom stereocenters. The third-order valence-electron chi connectivity index (χ3n) is 3.68. The Balaban J connectivity index is 2.29. The number of rotatable bonds is 2. The van der Waals surface area contributed by atoms with Crippen molar-refractivity contribution in [2.45, 2.75) is 6.92 Å². The summed E-state index contributed by atoms with van der Waals surface area (Å²) in [6.07, 6.45) is 1.30. The predicted molar refractivity (Wildman–Crippen MR) is 80.0 cm³/mol. The van der Waals surface area contributed by atoms with Crippen molar-refractivity contribution in [1.82, 2.24) is 9.88 Å². The second-order valence-corrected chi connectivity index (χ2v) is 5.06. The number of ketones is 2. The molecular formula is C16H14N2O4. The van der Waals surface area contributed by atoms with E-state index in [-0.39, 0.29) is 17.3 Å². The van der Waals surface area contributed by atoms with E-state index in [0.29, 0.717) is 22.4 Å². The standard InChI is InChI=1S/C16H14N2O4/c1-8(19)22-9-4-5-12-10(6-9)14-15(18(12)3)13(20)7-11(17-2)16(14)21/h4-7,17H,1-3H3. The number of aryl methyl sites for hydroxylation is 1. The molecule has 0 radical (unpaired) electrons. The number of fused-ring (bicyclic) bond motifs is 3. The molecule has 0 saturated carbocycles. The molecule has 1 aliphatic carbocycles. The largest absolute Gasteiger partial charge is 0.427 e. The first-order valence-electron chi connectivity index (χ1n) is 6.73. The number of hydrogen-bond donors (Lipinski definition) is 1. The number of nitrogens with zero attached hydrogens (tertiary/aromatic N) is 1. The summed E-state index contributed by atoms with van der Waals surface area (Å²) in [5.74, 6) is -0.578. The van der Waals surface area contributed by atoms with E-state index in [0.717, 1.165) is 5.52 Å². The number of ether oxygens (including phenoxy) is 1. The van der Waals surface area contributed by atoms with Gasteiger partial charge < -0.3 is 14.6 Å². The van der Waals surface area contributed by atoms with Crippen LogP contribution in [0.5, 0.6) is 5.75 Å². The fourth-order valence-corrected chi connectivity index (χ4v) is 2.76. The molecule has 6 heteroatoms. The summed E-state index contributed by atoms with van der Waals surface area (Å²) in [4.78, 5) is 35.9. The number of benzene rings is 1. The van der Waals surface area contributed by atoms with Gasteiger partial charge >= 0.3 is 5.97 Å². The number of carbonyl (C=O) groups excluding carboxylic acids is 3. The lowest BCUT2D eigenvalue weighted by atomic mass is 9.96. The molecule has 22 heavy (non-hydrogen) atoms. The number of carbonyl (C=O) groups is 3. The van der Waals surface area contributed by atoms with E-state index in [1.54, 1.807) is 36.9 Å². The number of aromatic nitrogens is 1. The fourth-order valence-electron chi connectivity index (χ4n) is 2.76. The highest BCUT2D eigenvalue weighted by molar-refractivity contribution is 6.29. The number of nitrogens with one attached hydrogen (secondary N) is 1. The van der Waals surface area contributed by atoms with Crippen LogP contribution in [0.2, 0.25) is 0 Å². The van der Waals surface area contributed by atoms with Crippen LogP contribution < -0.4 is 10.1 Å².